The Morgan fingerprint density at radius 2 is 1.48 bits per heavy atom. The van der Waals surface area contributed by atoms with Crippen molar-refractivity contribution in [3.63, 3.8) is 0 Å². The lowest BCUT2D eigenvalue weighted by Gasteiger charge is -2.04. The van der Waals surface area contributed by atoms with Crippen molar-refractivity contribution in [1.29, 1.82) is 0 Å². The Balaban J connectivity index is 2.05. The molecule has 0 heterocycles. The van der Waals surface area contributed by atoms with Crippen LogP contribution in [0.1, 0.15) is 20.7 Å². The molecule has 21 heavy (non-hydrogen) atoms. The van der Waals surface area contributed by atoms with Gasteiger partial charge >= 0.3 is 0 Å². The zero-order chi connectivity index (χ0) is 15.2. The highest BCUT2D eigenvalue weighted by Gasteiger charge is 2.19. The smallest absolute Gasteiger partial charge is 0.299 e. The topological polar surface area (TPSA) is 72.5 Å². The molecule has 5 heteroatoms. The zero-order valence-corrected chi connectivity index (χ0v) is 11.3. The molecule has 0 unspecified atom stereocenters. The number of rotatable bonds is 4. The summed E-state index contributed by atoms with van der Waals surface area (Å²) in [6.07, 6.45) is 0. The number of carbonyl (C=O) groups excluding carboxylic acids is 3. The number of carbonyl (C=O) groups is 3. The third-order valence-electron chi connectivity index (χ3n) is 2.82. The molecule has 0 atom stereocenters. The molecule has 5 nitrogen and oxygen atoms in total. The first-order valence-corrected chi connectivity index (χ1v) is 6.21. The Morgan fingerprint density at radius 1 is 0.857 bits per heavy atom. The molecular formula is C16H13NO4. The van der Waals surface area contributed by atoms with Gasteiger partial charge in [-0.15, -0.1) is 0 Å². The third-order valence-corrected chi connectivity index (χ3v) is 2.82. The van der Waals surface area contributed by atoms with Gasteiger partial charge in [-0.3, -0.25) is 19.7 Å². The summed E-state index contributed by atoms with van der Waals surface area (Å²) < 4.78 is 4.97. The highest BCUT2D eigenvalue weighted by molar-refractivity contribution is 6.45. The summed E-state index contributed by atoms with van der Waals surface area (Å²) in [6, 6.07) is 14.3. The highest BCUT2D eigenvalue weighted by Crippen LogP contribution is 2.11. The van der Waals surface area contributed by atoms with Crippen molar-refractivity contribution in [3.8, 4) is 5.75 Å². The summed E-state index contributed by atoms with van der Waals surface area (Å²) >= 11 is 0. The highest BCUT2D eigenvalue weighted by atomic mass is 16.5. The number of amides is 2. The van der Waals surface area contributed by atoms with E-state index in [1.54, 1.807) is 30.3 Å². The van der Waals surface area contributed by atoms with Crippen LogP contribution in [0.15, 0.2) is 54.6 Å². The van der Waals surface area contributed by atoms with Crippen LogP contribution in [-0.4, -0.2) is 24.7 Å². The molecule has 2 amide bonds. The number of ketones is 1. The van der Waals surface area contributed by atoms with E-state index in [9.17, 15) is 14.4 Å². The van der Waals surface area contributed by atoms with Gasteiger partial charge in [-0.25, -0.2) is 0 Å². The van der Waals surface area contributed by atoms with Gasteiger partial charge in [0.25, 0.3) is 17.6 Å². The SMILES string of the molecule is COc1ccc(C(=O)NC(=O)C(=O)c2ccccc2)cc1. The van der Waals surface area contributed by atoms with Crippen LogP contribution in [0.2, 0.25) is 0 Å². The molecule has 0 spiro atoms. The maximum atomic E-state index is 11.9. The molecule has 0 aliphatic heterocycles. The Morgan fingerprint density at radius 3 is 2.05 bits per heavy atom. The lowest BCUT2D eigenvalue weighted by atomic mass is 10.1. The second-order valence-electron chi connectivity index (χ2n) is 4.21. The van der Waals surface area contributed by atoms with Crippen LogP contribution in [-0.2, 0) is 4.79 Å². The van der Waals surface area contributed by atoms with E-state index >= 15 is 0 Å². The number of nitrogens with one attached hydrogen (secondary N) is 1. The molecule has 0 fully saturated rings. The maximum Gasteiger partial charge on any atom is 0.299 e. The summed E-state index contributed by atoms with van der Waals surface area (Å²) in [4.78, 5) is 35.4. The third kappa shape index (κ3) is 3.54. The van der Waals surface area contributed by atoms with Gasteiger partial charge in [0.05, 0.1) is 7.11 Å². The number of Topliss-reactive ketones (excluding diaryl/α,β-unsaturated/α-hetero) is 1. The average Bonchev–Trinajstić information content (AvgIpc) is 2.55. The van der Waals surface area contributed by atoms with Crippen molar-refractivity contribution in [2.45, 2.75) is 0 Å². The molecule has 106 valence electrons. The minimum atomic E-state index is -0.956. The second kappa shape index (κ2) is 6.47. The van der Waals surface area contributed by atoms with E-state index < -0.39 is 17.6 Å². The van der Waals surface area contributed by atoms with Crippen molar-refractivity contribution in [1.82, 2.24) is 5.32 Å². The van der Waals surface area contributed by atoms with Gasteiger partial charge in [-0.1, -0.05) is 30.3 Å². The predicted molar refractivity (Wildman–Crippen MR) is 76.2 cm³/mol. The summed E-state index contributed by atoms with van der Waals surface area (Å²) in [6.45, 7) is 0. The van der Waals surface area contributed by atoms with E-state index in [0.29, 0.717) is 5.75 Å². The van der Waals surface area contributed by atoms with Gasteiger partial charge in [0, 0.05) is 11.1 Å². The van der Waals surface area contributed by atoms with Crippen LogP contribution >= 0.6 is 0 Å². The largest absolute Gasteiger partial charge is 0.497 e. The van der Waals surface area contributed by atoms with E-state index in [4.69, 9.17) is 4.74 Å². The van der Waals surface area contributed by atoms with E-state index in [0.717, 1.165) is 0 Å². The zero-order valence-electron chi connectivity index (χ0n) is 11.3. The predicted octanol–water partition coefficient (Wildman–Crippen LogP) is 1.83. The number of hydrogen-bond acceptors (Lipinski definition) is 4. The molecule has 0 aromatic heterocycles. The summed E-state index contributed by atoms with van der Waals surface area (Å²) in [7, 11) is 1.51. The first-order chi connectivity index (χ1) is 10.1. The molecule has 0 aliphatic carbocycles. The molecule has 2 aromatic carbocycles. The molecule has 0 bridgehead atoms. The lowest BCUT2D eigenvalue weighted by Crippen LogP contribution is -2.36. The van der Waals surface area contributed by atoms with Crippen LogP contribution in [0.25, 0.3) is 0 Å². The fourth-order valence-electron chi connectivity index (χ4n) is 1.70. The van der Waals surface area contributed by atoms with Crippen LogP contribution in [0.5, 0.6) is 5.75 Å². The minimum absolute atomic E-state index is 0.234. The van der Waals surface area contributed by atoms with Crippen molar-refractivity contribution >= 4 is 17.6 Å². The molecule has 0 radical (unpaired) electrons. The van der Waals surface area contributed by atoms with Crippen molar-refractivity contribution in [3.05, 3.63) is 65.7 Å². The van der Waals surface area contributed by atoms with Crippen LogP contribution < -0.4 is 10.1 Å². The molecule has 0 aliphatic rings. The van der Waals surface area contributed by atoms with Crippen LogP contribution in [0, 0.1) is 0 Å². The van der Waals surface area contributed by atoms with Crippen molar-refractivity contribution in [2.75, 3.05) is 7.11 Å². The summed E-state index contributed by atoms with van der Waals surface area (Å²) in [5.74, 6) is -1.75. The average molecular weight is 283 g/mol. The molecule has 0 saturated carbocycles. The Hall–Kier alpha value is -2.95. The van der Waals surface area contributed by atoms with E-state index in [1.165, 1.54) is 31.4 Å². The second-order valence-corrected chi connectivity index (χ2v) is 4.21. The summed E-state index contributed by atoms with van der Waals surface area (Å²) in [5, 5.41) is 2.06. The van der Waals surface area contributed by atoms with Crippen molar-refractivity contribution in [2.24, 2.45) is 0 Å². The van der Waals surface area contributed by atoms with Gasteiger partial charge < -0.3 is 4.74 Å². The Labute approximate surface area is 121 Å². The molecular weight excluding hydrogens is 270 g/mol. The number of benzene rings is 2. The standard InChI is InChI=1S/C16H13NO4/c1-21-13-9-7-12(8-10-13)15(19)17-16(20)14(18)11-5-3-2-4-6-11/h2-10H,1H3,(H,17,19,20). The molecule has 1 N–H and O–H groups in total. The molecule has 0 saturated heterocycles. The normalized spacial score (nSPS) is 9.76. The fourth-order valence-corrected chi connectivity index (χ4v) is 1.70. The van der Waals surface area contributed by atoms with E-state index in [-0.39, 0.29) is 11.1 Å². The fraction of sp³-hybridized carbons (Fsp3) is 0.0625. The number of ether oxygens (including phenoxy) is 1. The Kier molecular flexibility index (Phi) is 4.46. The molecule has 2 aromatic rings. The van der Waals surface area contributed by atoms with E-state index in [2.05, 4.69) is 5.32 Å². The van der Waals surface area contributed by atoms with Crippen LogP contribution in [0.3, 0.4) is 0 Å². The van der Waals surface area contributed by atoms with Gasteiger partial charge in [0.1, 0.15) is 5.75 Å². The first-order valence-electron chi connectivity index (χ1n) is 6.21. The Bertz CT molecular complexity index is 662. The van der Waals surface area contributed by atoms with Crippen LogP contribution in [0.4, 0.5) is 0 Å². The first kappa shape index (κ1) is 14.5. The van der Waals surface area contributed by atoms with Crippen molar-refractivity contribution < 1.29 is 19.1 Å². The number of hydrogen-bond donors (Lipinski definition) is 1. The molecule has 2 rings (SSSR count). The number of imide groups is 1. The van der Waals surface area contributed by atoms with Gasteiger partial charge in [0.15, 0.2) is 0 Å². The summed E-state index contributed by atoms with van der Waals surface area (Å²) in [5.41, 5.74) is 0.502. The number of methoxy groups -OCH3 is 1. The lowest BCUT2D eigenvalue weighted by molar-refractivity contribution is -0.116. The maximum absolute atomic E-state index is 11.9. The van der Waals surface area contributed by atoms with Gasteiger partial charge in [-0.2, -0.15) is 0 Å². The van der Waals surface area contributed by atoms with Gasteiger partial charge in [0.2, 0.25) is 0 Å². The van der Waals surface area contributed by atoms with E-state index in [1.807, 2.05) is 0 Å². The quantitative estimate of drug-likeness (QED) is 0.686. The van der Waals surface area contributed by atoms with Gasteiger partial charge in [-0.05, 0) is 24.3 Å². The monoisotopic (exact) mass is 283 g/mol. The minimum Gasteiger partial charge on any atom is -0.497 e.